The average Bonchev–Trinajstić information content (AvgIpc) is 2.97. The van der Waals surface area contributed by atoms with Crippen molar-refractivity contribution in [2.24, 2.45) is 0 Å². The molecule has 1 aromatic heterocycles. The molecule has 148 valence electrons. The normalized spacial score (nSPS) is 21.7. The van der Waals surface area contributed by atoms with Gasteiger partial charge < -0.3 is 14.7 Å². The molecule has 1 saturated carbocycles. The van der Waals surface area contributed by atoms with E-state index in [0.29, 0.717) is 30.5 Å². The maximum absolute atomic E-state index is 14.0. The van der Waals surface area contributed by atoms with Crippen molar-refractivity contribution in [2.45, 2.75) is 51.0 Å². The van der Waals surface area contributed by atoms with Crippen molar-refractivity contribution in [3.05, 3.63) is 58.5 Å². The molecular formula is C20H19F3N2O3. The van der Waals surface area contributed by atoms with E-state index < -0.39 is 35.6 Å². The fourth-order valence-corrected chi connectivity index (χ4v) is 3.77. The standard InChI is InChI=1S/C20H19F3N2O3/c21-12-7-14(22)13(15(23)8-12)10-25-9-11-5-6-24-19(18(11)20(25)27)28-17-4-2-1-3-16(17)26/h5-8,16-17,26H,1-4,9-10H2. The summed E-state index contributed by atoms with van der Waals surface area (Å²) < 4.78 is 46.9. The molecule has 1 N–H and O–H groups in total. The van der Waals surface area contributed by atoms with Crippen molar-refractivity contribution in [3.63, 3.8) is 0 Å². The number of carbonyl (C=O) groups is 1. The Morgan fingerprint density at radius 2 is 1.89 bits per heavy atom. The summed E-state index contributed by atoms with van der Waals surface area (Å²) in [6.07, 6.45) is 3.56. The Labute approximate surface area is 159 Å². The molecule has 1 amide bonds. The molecule has 0 spiro atoms. The monoisotopic (exact) mass is 392 g/mol. The third-order valence-corrected chi connectivity index (χ3v) is 5.25. The molecule has 0 saturated heterocycles. The summed E-state index contributed by atoms with van der Waals surface area (Å²) in [5.41, 5.74) is 0.493. The van der Waals surface area contributed by atoms with Crippen molar-refractivity contribution in [1.29, 1.82) is 0 Å². The van der Waals surface area contributed by atoms with Crippen LogP contribution in [0.1, 0.15) is 47.2 Å². The number of aromatic nitrogens is 1. The van der Waals surface area contributed by atoms with Gasteiger partial charge in [-0.2, -0.15) is 0 Å². The number of amides is 1. The van der Waals surface area contributed by atoms with Crippen molar-refractivity contribution in [2.75, 3.05) is 0 Å². The minimum Gasteiger partial charge on any atom is -0.471 e. The number of rotatable bonds is 4. The zero-order chi connectivity index (χ0) is 19.8. The first-order chi connectivity index (χ1) is 13.4. The first kappa shape index (κ1) is 18.7. The van der Waals surface area contributed by atoms with Crippen LogP contribution in [-0.2, 0) is 13.1 Å². The molecule has 0 bridgehead atoms. The molecule has 1 aliphatic carbocycles. The molecule has 1 fully saturated rings. The maximum atomic E-state index is 14.0. The Balaban J connectivity index is 1.57. The lowest BCUT2D eigenvalue weighted by Gasteiger charge is -2.28. The van der Waals surface area contributed by atoms with Crippen LogP contribution in [0.15, 0.2) is 24.4 Å². The van der Waals surface area contributed by atoms with E-state index in [4.69, 9.17) is 4.74 Å². The molecule has 5 nitrogen and oxygen atoms in total. The summed E-state index contributed by atoms with van der Waals surface area (Å²) in [7, 11) is 0. The summed E-state index contributed by atoms with van der Waals surface area (Å²) in [6, 6.07) is 2.83. The topological polar surface area (TPSA) is 62.7 Å². The van der Waals surface area contributed by atoms with Gasteiger partial charge in [-0.1, -0.05) is 6.42 Å². The van der Waals surface area contributed by atoms with E-state index >= 15 is 0 Å². The number of aliphatic hydroxyl groups excluding tert-OH is 1. The highest BCUT2D eigenvalue weighted by molar-refractivity contribution is 6.00. The number of hydrogen-bond donors (Lipinski definition) is 1. The fourth-order valence-electron chi connectivity index (χ4n) is 3.77. The number of aliphatic hydroxyl groups is 1. The van der Waals surface area contributed by atoms with Crippen LogP contribution in [0.25, 0.3) is 0 Å². The van der Waals surface area contributed by atoms with Gasteiger partial charge in [0.25, 0.3) is 5.91 Å². The van der Waals surface area contributed by atoms with Gasteiger partial charge in [0.05, 0.1) is 12.6 Å². The highest BCUT2D eigenvalue weighted by Gasteiger charge is 2.34. The molecular weight excluding hydrogens is 373 g/mol. The Kier molecular flexibility index (Phi) is 4.97. The van der Waals surface area contributed by atoms with E-state index in [1.807, 2.05) is 0 Å². The van der Waals surface area contributed by atoms with E-state index in [-0.39, 0.29) is 30.1 Å². The van der Waals surface area contributed by atoms with Gasteiger partial charge in [-0.25, -0.2) is 18.2 Å². The Morgan fingerprint density at radius 3 is 2.61 bits per heavy atom. The van der Waals surface area contributed by atoms with Gasteiger partial charge in [0.2, 0.25) is 5.88 Å². The number of hydrogen-bond acceptors (Lipinski definition) is 4. The van der Waals surface area contributed by atoms with E-state index in [9.17, 15) is 23.1 Å². The molecule has 0 radical (unpaired) electrons. The van der Waals surface area contributed by atoms with Gasteiger partial charge in [-0.15, -0.1) is 0 Å². The second-order valence-electron chi connectivity index (χ2n) is 7.17. The molecule has 2 aromatic rings. The maximum Gasteiger partial charge on any atom is 0.260 e. The number of pyridine rings is 1. The number of fused-ring (bicyclic) bond motifs is 1. The van der Waals surface area contributed by atoms with E-state index in [1.54, 1.807) is 6.07 Å². The zero-order valence-corrected chi connectivity index (χ0v) is 15.0. The van der Waals surface area contributed by atoms with E-state index in [1.165, 1.54) is 11.1 Å². The molecule has 28 heavy (non-hydrogen) atoms. The first-order valence-corrected chi connectivity index (χ1v) is 9.19. The van der Waals surface area contributed by atoms with Crippen LogP contribution in [-0.4, -0.2) is 33.1 Å². The van der Waals surface area contributed by atoms with Crippen LogP contribution in [0.3, 0.4) is 0 Å². The van der Waals surface area contributed by atoms with Gasteiger partial charge in [0, 0.05) is 30.4 Å². The van der Waals surface area contributed by atoms with Crippen LogP contribution in [0.4, 0.5) is 13.2 Å². The summed E-state index contributed by atoms with van der Waals surface area (Å²) >= 11 is 0. The molecule has 1 aromatic carbocycles. The van der Waals surface area contributed by atoms with Crippen molar-refractivity contribution < 1.29 is 27.8 Å². The van der Waals surface area contributed by atoms with Crippen molar-refractivity contribution in [1.82, 2.24) is 9.88 Å². The molecule has 1 aliphatic heterocycles. The lowest BCUT2D eigenvalue weighted by Crippen LogP contribution is -2.35. The predicted octanol–water partition coefficient (Wildman–Crippen LogP) is 3.34. The number of nitrogens with zero attached hydrogens (tertiary/aromatic N) is 2. The summed E-state index contributed by atoms with van der Waals surface area (Å²) in [4.78, 5) is 18.3. The largest absolute Gasteiger partial charge is 0.471 e. The fraction of sp³-hybridized carbons (Fsp3) is 0.400. The molecule has 4 rings (SSSR count). The first-order valence-electron chi connectivity index (χ1n) is 9.19. The van der Waals surface area contributed by atoms with Crippen LogP contribution < -0.4 is 4.74 Å². The van der Waals surface area contributed by atoms with E-state index in [0.717, 1.165) is 12.8 Å². The molecule has 8 heteroatoms. The lowest BCUT2D eigenvalue weighted by atomic mass is 9.95. The molecule has 2 atom stereocenters. The summed E-state index contributed by atoms with van der Waals surface area (Å²) in [5, 5.41) is 10.1. The third kappa shape index (κ3) is 3.44. The number of ether oxygens (including phenoxy) is 1. The van der Waals surface area contributed by atoms with Crippen LogP contribution >= 0.6 is 0 Å². The van der Waals surface area contributed by atoms with Gasteiger partial charge in [0.1, 0.15) is 29.1 Å². The minimum absolute atomic E-state index is 0.121. The number of benzene rings is 1. The van der Waals surface area contributed by atoms with Gasteiger partial charge in [-0.05, 0) is 30.9 Å². The zero-order valence-electron chi connectivity index (χ0n) is 15.0. The second-order valence-corrected chi connectivity index (χ2v) is 7.17. The number of carbonyl (C=O) groups excluding carboxylic acids is 1. The average molecular weight is 392 g/mol. The van der Waals surface area contributed by atoms with Crippen molar-refractivity contribution >= 4 is 5.91 Å². The summed E-state index contributed by atoms with van der Waals surface area (Å²) in [5.74, 6) is -3.44. The third-order valence-electron chi connectivity index (χ3n) is 5.25. The lowest BCUT2D eigenvalue weighted by molar-refractivity contribution is 0.00397. The Bertz CT molecular complexity index is 899. The quantitative estimate of drug-likeness (QED) is 0.867. The molecule has 2 aliphatic rings. The van der Waals surface area contributed by atoms with Gasteiger partial charge in [0.15, 0.2) is 0 Å². The second kappa shape index (κ2) is 7.43. The Morgan fingerprint density at radius 1 is 1.18 bits per heavy atom. The van der Waals surface area contributed by atoms with Crippen LogP contribution in [0, 0.1) is 17.5 Å². The smallest absolute Gasteiger partial charge is 0.260 e. The van der Waals surface area contributed by atoms with Crippen LogP contribution in [0.5, 0.6) is 5.88 Å². The van der Waals surface area contributed by atoms with Crippen LogP contribution in [0.2, 0.25) is 0 Å². The van der Waals surface area contributed by atoms with Crippen molar-refractivity contribution in [3.8, 4) is 5.88 Å². The minimum atomic E-state index is -1.04. The highest BCUT2D eigenvalue weighted by Crippen LogP contribution is 2.33. The Hall–Kier alpha value is -2.61. The predicted molar refractivity (Wildman–Crippen MR) is 93.0 cm³/mol. The molecule has 2 heterocycles. The molecule has 2 unspecified atom stereocenters. The SMILES string of the molecule is O=C1c2c(ccnc2OC2CCCCC2O)CN1Cc1c(F)cc(F)cc1F. The van der Waals surface area contributed by atoms with Gasteiger partial charge >= 0.3 is 0 Å². The number of halogens is 3. The highest BCUT2D eigenvalue weighted by atomic mass is 19.1. The summed E-state index contributed by atoms with van der Waals surface area (Å²) in [6.45, 7) is -0.201. The van der Waals surface area contributed by atoms with Gasteiger partial charge in [-0.3, -0.25) is 4.79 Å². The van der Waals surface area contributed by atoms with E-state index in [2.05, 4.69) is 4.98 Å².